The number of carbonyl (C=O) groups is 4. The molecule has 1 aliphatic rings. The first-order valence-electron chi connectivity index (χ1n) is 6.98. The van der Waals surface area contributed by atoms with Gasteiger partial charge in [-0.2, -0.15) is 0 Å². The lowest BCUT2D eigenvalue weighted by Gasteiger charge is -2.10. The van der Waals surface area contributed by atoms with Crippen molar-refractivity contribution in [3.05, 3.63) is 45.4 Å². The molecule has 2 heterocycles. The van der Waals surface area contributed by atoms with Crippen LogP contribution in [0.1, 0.15) is 46.2 Å². The van der Waals surface area contributed by atoms with Crippen LogP contribution >= 0.6 is 22.9 Å². The van der Waals surface area contributed by atoms with Crippen LogP contribution in [0.5, 0.6) is 0 Å². The summed E-state index contributed by atoms with van der Waals surface area (Å²) in [4.78, 5) is 53.4. The molecular weight excluding hydrogens is 352 g/mol. The number of benzene rings is 1. The number of imide groups is 1. The van der Waals surface area contributed by atoms with Crippen molar-refractivity contribution in [2.24, 2.45) is 0 Å². The van der Waals surface area contributed by atoms with Gasteiger partial charge in [-0.1, -0.05) is 35.1 Å². The fourth-order valence-corrected chi connectivity index (χ4v) is 3.80. The van der Waals surface area contributed by atoms with Crippen molar-refractivity contribution in [2.75, 3.05) is 4.90 Å². The molecule has 1 aromatic carbocycles. The monoisotopic (exact) mass is 362 g/mol. The molecule has 0 radical (unpaired) electrons. The summed E-state index contributed by atoms with van der Waals surface area (Å²) in [7, 11) is 0. The van der Waals surface area contributed by atoms with E-state index in [9.17, 15) is 19.2 Å². The summed E-state index contributed by atoms with van der Waals surface area (Å²) < 4.78 is 0.108. The van der Waals surface area contributed by atoms with Crippen LogP contribution in [0.2, 0.25) is 4.34 Å². The number of anilines is 1. The molecule has 1 aliphatic heterocycles. The predicted octanol–water partition coefficient (Wildman–Crippen LogP) is 2.86. The fourth-order valence-electron chi connectivity index (χ4n) is 2.61. The molecule has 0 unspecified atom stereocenters. The lowest BCUT2D eigenvalue weighted by atomic mass is 9.98. The Hall–Kier alpha value is -2.38. The molecule has 0 fully saturated rings. The Morgan fingerprint density at radius 1 is 1.08 bits per heavy atom. The van der Waals surface area contributed by atoms with Gasteiger partial charge in [0.05, 0.1) is 16.8 Å². The second-order valence-corrected chi connectivity index (χ2v) is 6.88. The van der Waals surface area contributed by atoms with E-state index in [0.717, 1.165) is 16.2 Å². The lowest BCUT2D eigenvalue weighted by Crippen LogP contribution is -2.29. The quantitative estimate of drug-likeness (QED) is 0.616. The molecule has 0 atom stereocenters. The molecule has 122 valence electrons. The SMILES string of the molecule is CC(=O)C(C(C)=O)c1nc(N2C(=O)c3ccccc3C2=O)sc1Cl. The first kappa shape index (κ1) is 16.5. The van der Waals surface area contributed by atoms with Crippen molar-refractivity contribution in [2.45, 2.75) is 19.8 Å². The highest BCUT2D eigenvalue weighted by Crippen LogP contribution is 2.38. The predicted molar refractivity (Wildman–Crippen MR) is 88.8 cm³/mol. The molecule has 0 aliphatic carbocycles. The summed E-state index contributed by atoms with van der Waals surface area (Å²) in [6.45, 7) is 2.53. The van der Waals surface area contributed by atoms with E-state index in [-0.39, 0.29) is 26.3 Å². The van der Waals surface area contributed by atoms with Crippen molar-refractivity contribution in [1.82, 2.24) is 4.98 Å². The molecule has 8 heteroatoms. The Kier molecular flexibility index (Phi) is 4.06. The summed E-state index contributed by atoms with van der Waals surface area (Å²) in [6.07, 6.45) is 0. The van der Waals surface area contributed by atoms with Crippen molar-refractivity contribution in [1.29, 1.82) is 0 Å². The van der Waals surface area contributed by atoms with Gasteiger partial charge in [0, 0.05) is 0 Å². The van der Waals surface area contributed by atoms with Gasteiger partial charge in [-0.05, 0) is 26.0 Å². The molecule has 0 spiro atoms. The van der Waals surface area contributed by atoms with Gasteiger partial charge in [0.1, 0.15) is 21.8 Å². The van der Waals surface area contributed by atoms with Crippen LogP contribution < -0.4 is 4.90 Å². The van der Waals surface area contributed by atoms with Crippen LogP contribution in [0, 0.1) is 0 Å². The van der Waals surface area contributed by atoms with Crippen molar-refractivity contribution < 1.29 is 19.2 Å². The third-order valence-electron chi connectivity index (χ3n) is 3.67. The number of thiazole rings is 1. The minimum atomic E-state index is -1.10. The van der Waals surface area contributed by atoms with E-state index in [1.165, 1.54) is 13.8 Å². The highest BCUT2D eigenvalue weighted by atomic mass is 35.5. The van der Waals surface area contributed by atoms with Crippen molar-refractivity contribution in [3.63, 3.8) is 0 Å². The van der Waals surface area contributed by atoms with E-state index >= 15 is 0 Å². The normalized spacial score (nSPS) is 13.6. The van der Waals surface area contributed by atoms with E-state index < -0.39 is 29.3 Å². The summed E-state index contributed by atoms with van der Waals surface area (Å²) in [6, 6.07) is 6.43. The van der Waals surface area contributed by atoms with Crippen LogP contribution in [0.4, 0.5) is 5.13 Å². The van der Waals surface area contributed by atoms with Gasteiger partial charge in [0.25, 0.3) is 11.8 Å². The molecule has 1 aromatic heterocycles. The maximum absolute atomic E-state index is 12.5. The number of carbonyl (C=O) groups excluding carboxylic acids is 4. The zero-order valence-corrected chi connectivity index (χ0v) is 14.3. The van der Waals surface area contributed by atoms with Gasteiger partial charge in [0.15, 0.2) is 0 Å². The number of halogens is 1. The highest BCUT2D eigenvalue weighted by molar-refractivity contribution is 7.20. The third kappa shape index (κ3) is 2.46. The standard InChI is InChI=1S/C16H11ClN2O4S/c1-7(20)11(8(2)21)12-13(17)24-16(18-12)19-14(22)9-5-3-4-6-10(9)15(19)23/h3-6,11H,1-2H3. The summed E-state index contributed by atoms with van der Waals surface area (Å²) >= 11 is 7.00. The topological polar surface area (TPSA) is 84.4 Å². The zero-order chi connectivity index (χ0) is 17.6. The van der Waals surface area contributed by atoms with Crippen LogP contribution in [-0.4, -0.2) is 28.4 Å². The van der Waals surface area contributed by atoms with Crippen LogP contribution in [0.15, 0.2) is 24.3 Å². The molecule has 0 bridgehead atoms. The van der Waals surface area contributed by atoms with Gasteiger partial charge in [-0.25, -0.2) is 9.88 Å². The average molecular weight is 363 g/mol. The molecule has 3 rings (SSSR count). The molecule has 2 aromatic rings. The summed E-state index contributed by atoms with van der Waals surface area (Å²) in [5.74, 6) is -2.91. The number of hydrogen-bond acceptors (Lipinski definition) is 6. The number of rotatable bonds is 4. The van der Waals surface area contributed by atoms with Crippen LogP contribution in [-0.2, 0) is 9.59 Å². The van der Waals surface area contributed by atoms with Gasteiger partial charge in [0.2, 0.25) is 5.13 Å². The molecule has 0 saturated carbocycles. The Labute approximate surface area is 146 Å². The summed E-state index contributed by atoms with van der Waals surface area (Å²) in [5.41, 5.74) is 0.642. The number of ketones is 2. The average Bonchev–Trinajstić information content (AvgIpc) is 2.98. The Morgan fingerprint density at radius 3 is 2.04 bits per heavy atom. The lowest BCUT2D eigenvalue weighted by molar-refractivity contribution is -0.126. The second kappa shape index (κ2) is 5.92. The number of nitrogens with zero attached hydrogens (tertiary/aromatic N) is 2. The van der Waals surface area contributed by atoms with E-state index in [0.29, 0.717) is 0 Å². The number of Topliss-reactive ketones (excluding diaryl/α,β-unsaturated/α-hetero) is 2. The maximum atomic E-state index is 12.5. The van der Waals surface area contributed by atoms with Crippen LogP contribution in [0.3, 0.4) is 0 Å². The van der Waals surface area contributed by atoms with Crippen LogP contribution in [0.25, 0.3) is 0 Å². The van der Waals surface area contributed by atoms with E-state index in [2.05, 4.69) is 4.98 Å². The maximum Gasteiger partial charge on any atom is 0.268 e. The fraction of sp³-hybridized carbons (Fsp3) is 0.188. The van der Waals surface area contributed by atoms with E-state index in [1.807, 2.05) is 0 Å². The number of hydrogen-bond donors (Lipinski definition) is 0. The van der Waals surface area contributed by atoms with Gasteiger partial charge < -0.3 is 0 Å². The molecule has 0 saturated heterocycles. The first-order valence-corrected chi connectivity index (χ1v) is 8.17. The zero-order valence-electron chi connectivity index (χ0n) is 12.7. The van der Waals surface area contributed by atoms with Gasteiger partial charge in [-0.3, -0.25) is 19.2 Å². The first-order chi connectivity index (χ1) is 11.3. The number of amides is 2. The van der Waals surface area contributed by atoms with Gasteiger partial charge >= 0.3 is 0 Å². The molecule has 6 nitrogen and oxygen atoms in total. The highest BCUT2D eigenvalue weighted by Gasteiger charge is 2.39. The second-order valence-electron chi connectivity index (χ2n) is 5.30. The van der Waals surface area contributed by atoms with Crippen molar-refractivity contribution >= 4 is 51.5 Å². The Morgan fingerprint density at radius 2 is 1.58 bits per heavy atom. The molecule has 2 amide bonds. The van der Waals surface area contributed by atoms with Gasteiger partial charge in [-0.15, -0.1) is 0 Å². The largest absolute Gasteiger partial charge is 0.299 e. The van der Waals surface area contributed by atoms with E-state index in [4.69, 9.17) is 11.6 Å². The Bertz CT molecular complexity index is 856. The molecule has 0 N–H and O–H groups in total. The molecule has 24 heavy (non-hydrogen) atoms. The smallest absolute Gasteiger partial charge is 0.268 e. The van der Waals surface area contributed by atoms with Crippen molar-refractivity contribution in [3.8, 4) is 0 Å². The minimum Gasteiger partial charge on any atom is -0.299 e. The minimum absolute atomic E-state index is 0.0497. The number of aromatic nitrogens is 1. The number of fused-ring (bicyclic) bond motifs is 1. The van der Waals surface area contributed by atoms with E-state index in [1.54, 1.807) is 24.3 Å². The molecular formula is C16H11ClN2O4S. The third-order valence-corrected chi connectivity index (χ3v) is 4.94. The summed E-state index contributed by atoms with van der Waals surface area (Å²) in [5, 5.41) is 0.0497. The Balaban J connectivity index is 2.06.